The van der Waals surface area contributed by atoms with Crippen molar-refractivity contribution in [1.82, 2.24) is 14.6 Å². The van der Waals surface area contributed by atoms with E-state index in [0.717, 1.165) is 24.2 Å². The Kier molecular flexibility index (Phi) is 5.36. The lowest BCUT2D eigenvalue weighted by Gasteiger charge is -2.30. The second kappa shape index (κ2) is 7.06. The van der Waals surface area contributed by atoms with Gasteiger partial charge in [-0.2, -0.15) is 0 Å². The predicted octanol–water partition coefficient (Wildman–Crippen LogP) is 0.379. The highest BCUT2D eigenvalue weighted by atomic mass is 32.2. The molecule has 8 heteroatoms. The molecule has 2 N–H and O–H groups in total. The average molecular weight is 326 g/mol. The molecule has 1 aliphatic rings. The van der Waals surface area contributed by atoms with Crippen LogP contribution in [0, 0.1) is 0 Å². The minimum Gasteiger partial charge on any atom is -0.375 e. The molecule has 0 radical (unpaired) electrons. The summed E-state index contributed by atoms with van der Waals surface area (Å²) in [5.41, 5.74) is 1.65. The monoisotopic (exact) mass is 326 g/mol. The first-order chi connectivity index (χ1) is 10.4. The van der Waals surface area contributed by atoms with Gasteiger partial charge in [0.1, 0.15) is 0 Å². The van der Waals surface area contributed by atoms with Gasteiger partial charge < -0.3 is 10.6 Å². The lowest BCUT2D eigenvalue weighted by molar-refractivity contribution is -0.118. The largest absolute Gasteiger partial charge is 0.375 e. The molecule has 1 aliphatic heterocycles. The summed E-state index contributed by atoms with van der Waals surface area (Å²) >= 11 is 0. The SMILES string of the molecule is CNC(=O)CNc1ccc([C@H]2CCCN(S(C)(=O)=O)C2)nc1. The summed E-state index contributed by atoms with van der Waals surface area (Å²) in [6.45, 7) is 1.26. The zero-order valence-corrected chi connectivity index (χ0v) is 13.7. The van der Waals surface area contributed by atoms with E-state index >= 15 is 0 Å². The zero-order valence-electron chi connectivity index (χ0n) is 12.9. The number of sulfonamides is 1. The fourth-order valence-corrected chi connectivity index (χ4v) is 3.42. The molecule has 1 fully saturated rings. The van der Waals surface area contributed by atoms with E-state index in [1.165, 1.54) is 10.6 Å². The van der Waals surface area contributed by atoms with E-state index in [0.29, 0.717) is 13.1 Å². The normalized spacial score (nSPS) is 19.6. The van der Waals surface area contributed by atoms with Crippen molar-refractivity contribution in [3.8, 4) is 0 Å². The van der Waals surface area contributed by atoms with Crippen LogP contribution >= 0.6 is 0 Å². The van der Waals surface area contributed by atoms with E-state index in [1.807, 2.05) is 12.1 Å². The van der Waals surface area contributed by atoms with Crippen LogP contribution in [0.25, 0.3) is 0 Å². The van der Waals surface area contributed by atoms with Gasteiger partial charge in [0, 0.05) is 31.7 Å². The van der Waals surface area contributed by atoms with E-state index in [2.05, 4.69) is 15.6 Å². The molecule has 0 unspecified atom stereocenters. The number of hydrogen-bond acceptors (Lipinski definition) is 5. The molecule has 1 atom stereocenters. The van der Waals surface area contributed by atoms with Crippen LogP contribution in [-0.4, -0.2) is 56.6 Å². The Bertz CT molecular complexity index is 615. The van der Waals surface area contributed by atoms with Gasteiger partial charge in [0.25, 0.3) is 0 Å². The molecule has 2 heterocycles. The van der Waals surface area contributed by atoms with E-state index in [1.54, 1.807) is 13.2 Å². The van der Waals surface area contributed by atoms with Crippen LogP contribution in [0.1, 0.15) is 24.5 Å². The van der Waals surface area contributed by atoms with Crippen LogP contribution in [0.4, 0.5) is 5.69 Å². The minimum absolute atomic E-state index is 0.0971. The summed E-state index contributed by atoms with van der Waals surface area (Å²) in [5, 5.41) is 5.51. The molecule has 1 aromatic heterocycles. The molecule has 0 spiro atoms. The van der Waals surface area contributed by atoms with Crippen LogP contribution in [0.2, 0.25) is 0 Å². The van der Waals surface area contributed by atoms with Gasteiger partial charge >= 0.3 is 0 Å². The molecule has 7 nitrogen and oxygen atoms in total. The molecule has 0 aliphatic carbocycles. The molecule has 0 bridgehead atoms. The maximum Gasteiger partial charge on any atom is 0.239 e. The maximum atomic E-state index is 11.7. The molecule has 1 aromatic rings. The summed E-state index contributed by atoms with van der Waals surface area (Å²) < 4.78 is 24.8. The van der Waals surface area contributed by atoms with Crippen molar-refractivity contribution in [3.63, 3.8) is 0 Å². The van der Waals surface area contributed by atoms with Crippen LogP contribution in [0.5, 0.6) is 0 Å². The van der Waals surface area contributed by atoms with Crippen LogP contribution in [-0.2, 0) is 14.8 Å². The highest BCUT2D eigenvalue weighted by Crippen LogP contribution is 2.27. The first-order valence-electron chi connectivity index (χ1n) is 7.25. The molecule has 1 saturated heterocycles. The molecule has 122 valence electrons. The van der Waals surface area contributed by atoms with Crippen molar-refractivity contribution in [3.05, 3.63) is 24.0 Å². The van der Waals surface area contributed by atoms with Gasteiger partial charge in [-0.25, -0.2) is 12.7 Å². The topological polar surface area (TPSA) is 91.4 Å². The average Bonchev–Trinajstić information content (AvgIpc) is 2.52. The van der Waals surface area contributed by atoms with Gasteiger partial charge in [-0.3, -0.25) is 9.78 Å². The summed E-state index contributed by atoms with van der Waals surface area (Å²) in [5.74, 6) is 0.0246. The van der Waals surface area contributed by atoms with Crippen molar-refractivity contribution in [2.45, 2.75) is 18.8 Å². The van der Waals surface area contributed by atoms with Gasteiger partial charge in [-0.05, 0) is 25.0 Å². The van der Waals surface area contributed by atoms with Gasteiger partial charge in [-0.1, -0.05) is 0 Å². The Morgan fingerprint density at radius 2 is 2.23 bits per heavy atom. The number of carbonyl (C=O) groups excluding carboxylic acids is 1. The van der Waals surface area contributed by atoms with Crippen molar-refractivity contribution >= 4 is 21.6 Å². The Morgan fingerprint density at radius 3 is 2.82 bits per heavy atom. The summed E-state index contributed by atoms with van der Waals surface area (Å²) in [7, 11) is -1.56. The second-order valence-corrected chi connectivity index (χ2v) is 7.44. The first-order valence-corrected chi connectivity index (χ1v) is 9.10. The highest BCUT2D eigenvalue weighted by molar-refractivity contribution is 7.88. The van der Waals surface area contributed by atoms with Crippen LogP contribution in [0.3, 0.4) is 0 Å². The lowest BCUT2D eigenvalue weighted by Crippen LogP contribution is -2.38. The quantitative estimate of drug-likeness (QED) is 0.816. The third-order valence-electron chi connectivity index (χ3n) is 3.79. The molecule has 0 aromatic carbocycles. The fourth-order valence-electron chi connectivity index (χ4n) is 2.51. The number of rotatable bonds is 5. The first kappa shape index (κ1) is 16.7. The number of likely N-dealkylation sites (N-methyl/N-ethyl adjacent to an activating group) is 1. The third kappa shape index (κ3) is 4.41. The Morgan fingerprint density at radius 1 is 1.45 bits per heavy atom. The number of nitrogens with one attached hydrogen (secondary N) is 2. The number of carbonyl (C=O) groups is 1. The van der Waals surface area contributed by atoms with E-state index < -0.39 is 10.0 Å². The van der Waals surface area contributed by atoms with Gasteiger partial charge in [0.2, 0.25) is 15.9 Å². The molecular formula is C14H22N4O3S. The fraction of sp³-hybridized carbons (Fsp3) is 0.571. The van der Waals surface area contributed by atoms with Gasteiger partial charge in [-0.15, -0.1) is 0 Å². The van der Waals surface area contributed by atoms with Crippen molar-refractivity contribution < 1.29 is 13.2 Å². The summed E-state index contributed by atoms with van der Waals surface area (Å²) in [6, 6.07) is 3.76. The van der Waals surface area contributed by atoms with Gasteiger partial charge in [0.05, 0.1) is 24.7 Å². The number of pyridine rings is 1. The van der Waals surface area contributed by atoms with Crippen LogP contribution < -0.4 is 10.6 Å². The van der Waals surface area contributed by atoms with Crippen molar-refractivity contribution in [1.29, 1.82) is 0 Å². The molecular weight excluding hydrogens is 304 g/mol. The number of piperidine rings is 1. The number of hydrogen-bond donors (Lipinski definition) is 2. The number of amides is 1. The smallest absolute Gasteiger partial charge is 0.239 e. The Balaban J connectivity index is 1.99. The van der Waals surface area contributed by atoms with Crippen molar-refractivity contribution in [2.24, 2.45) is 0 Å². The van der Waals surface area contributed by atoms with Gasteiger partial charge in [0.15, 0.2) is 0 Å². The van der Waals surface area contributed by atoms with E-state index in [-0.39, 0.29) is 18.4 Å². The maximum absolute atomic E-state index is 11.7. The molecule has 22 heavy (non-hydrogen) atoms. The molecule has 0 saturated carbocycles. The number of aromatic nitrogens is 1. The standard InChI is InChI=1S/C14H22N4O3S/c1-15-14(19)9-16-12-5-6-13(17-8-12)11-4-3-7-18(10-11)22(2,20)21/h5-6,8,11,16H,3-4,7,9-10H2,1-2H3,(H,15,19)/t11-/m0/s1. The van der Waals surface area contributed by atoms with Crippen molar-refractivity contribution in [2.75, 3.05) is 38.3 Å². The lowest BCUT2D eigenvalue weighted by atomic mass is 9.95. The summed E-state index contributed by atoms with van der Waals surface area (Å²) in [4.78, 5) is 15.6. The zero-order chi connectivity index (χ0) is 16.2. The minimum atomic E-state index is -3.15. The van der Waals surface area contributed by atoms with E-state index in [9.17, 15) is 13.2 Å². The number of anilines is 1. The third-order valence-corrected chi connectivity index (χ3v) is 5.06. The predicted molar refractivity (Wildman–Crippen MR) is 85.2 cm³/mol. The highest BCUT2D eigenvalue weighted by Gasteiger charge is 2.27. The Labute approximate surface area is 131 Å². The second-order valence-electron chi connectivity index (χ2n) is 5.46. The molecule has 1 amide bonds. The molecule has 2 rings (SSSR count). The summed E-state index contributed by atoms with van der Waals surface area (Å²) in [6.07, 6.45) is 4.70. The number of nitrogens with zero attached hydrogens (tertiary/aromatic N) is 2. The van der Waals surface area contributed by atoms with Crippen LogP contribution in [0.15, 0.2) is 18.3 Å². The van der Waals surface area contributed by atoms with E-state index in [4.69, 9.17) is 0 Å². The Hall–Kier alpha value is -1.67.